The van der Waals surface area contributed by atoms with Gasteiger partial charge in [-0.3, -0.25) is 9.59 Å². The average molecular weight is 422 g/mol. The maximum atomic E-state index is 13.0. The Kier molecular flexibility index (Phi) is 5.11. The number of halogens is 3. The number of amides is 1. The molecule has 0 saturated heterocycles. The molecule has 1 aromatic heterocycles. The molecule has 0 saturated carbocycles. The van der Waals surface area contributed by atoms with Gasteiger partial charge in [0.2, 0.25) is 0 Å². The Bertz CT molecular complexity index is 1200. The topological polar surface area (TPSA) is 92.0 Å². The molecule has 30 heavy (non-hydrogen) atoms. The number of ether oxygens (including phenoxy) is 1. The third-order valence-corrected chi connectivity index (χ3v) is 4.74. The molecular formula is C20H17F3N2O5. The minimum Gasteiger partial charge on any atom is -0.508 e. The number of carbonyl (C=O) groups excluding carboxylic acids is 1. The maximum Gasteiger partial charge on any atom is 0.416 e. The first-order valence-corrected chi connectivity index (χ1v) is 8.55. The maximum absolute atomic E-state index is 13.0. The first-order chi connectivity index (χ1) is 14.0. The molecule has 10 heteroatoms. The van der Waals surface area contributed by atoms with E-state index in [-0.39, 0.29) is 28.1 Å². The number of hydrogen-bond donors (Lipinski definition) is 2. The summed E-state index contributed by atoms with van der Waals surface area (Å²) in [6.45, 7) is 0. The number of phenolic OH excluding ortho intramolecular Hbond substituents is 1. The fourth-order valence-corrected chi connectivity index (χ4v) is 3.11. The zero-order valence-corrected chi connectivity index (χ0v) is 16.1. The minimum absolute atomic E-state index is 0.0292. The average Bonchev–Trinajstić information content (AvgIpc) is 2.70. The van der Waals surface area contributed by atoms with Crippen LogP contribution in [0.15, 0.2) is 41.2 Å². The smallest absolute Gasteiger partial charge is 0.416 e. The van der Waals surface area contributed by atoms with Gasteiger partial charge in [0, 0.05) is 31.9 Å². The lowest BCUT2D eigenvalue weighted by molar-refractivity contribution is -0.137. The molecule has 0 fully saturated rings. The molecule has 0 radical (unpaired) electrons. The molecule has 2 aromatic carbocycles. The van der Waals surface area contributed by atoms with E-state index in [1.165, 1.54) is 33.3 Å². The van der Waals surface area contributed by atoms with Crippen LogP contribution < -0.4 is 15.2 Å². The number of aromatic nitrogens is 1. The van der Waals surface area contributed by atoms with Crippen molar-refractivity contribution in [3.63, 3.8) is 0 Å². The predicted molar refractivity (Wildman–Crippen MR) is 103 cm³/mol. The van der Waals surface area contributed by atoms with Gasteiger partial charge in [0.15, 0.2) is 0 Å². The van der Waals surface area contributed by atoms with Crippen molar-refractivity contribution < 1.29 is 32.9 Å². The second-order valence-corrected chi connectivity index (χ2v) is 6.54. The number of fused-ring (bicyclic) bond motifs is 1. The fraction of sp³-hybridized carbons (Fsp3) is 0.200. The Morgan fingerprint density at radius 3 is 2.27 bits per heavy atom. The zero-order chi connectivity index (χ0) is 22.4. The number of rotatable bonds is 3. The number of benzene rings is 2. The van der Waals surface area contributed by atoms with Gasteiger partial charge >= 0.3 is 6.18 Å². The van der Waals surface area contributed by atoms with Crippen LogP contribution >= 0.6 is 0 Å². The molecule has 0 aliphatic heterocycles. The Balaban J connectivity index is 2.15. The summed E-state index contributed by atoms with van der Waals surface area (Å²) in [4.78, 5) is 26.7. The van der Waals surface area contributed by atoms with Gasteiger partial charge in [0.1, 0.15) is 22.8 Å². The fourth-order valence-electron chi connectivity index (χ4n) is 3.11. The third-order valence-electron chi connectivity index (χ3n) is 4.74. The number of pyridine rings is 1. The summed E-state index contributed by atoms with van der Waals surface area (Å²) in [6, 6.07) is 6.23. The van der Waals surface area contributed by atoms with E-state index in [9.17, 15) is 33.0 Å². The molecule has 0 atom stereocenters. The highest BCUT2D eigenvalue weighted by Gasteiger charge is 2.31. The van der Waals surface area contributed by atoms with Crippen LogP contribution in [0.4, 0.5) is 18.9 Å². The number of alkyl halides is 3. The van der Waals surface area contributed by atoms with E-state index in [1.54, 1.807) is 0 Å². The van der Waals surface area contributed by atoms with Crippen LogP contribution in [-0.2, 0) is 13.2 Å². The van der Waals surface area contributed by atoms with E-state index in [0.717, 1.165) is 33.7 Å². The molecule has 0 unspecified atom stereocenters. The Morgan fingerprint density at radius 1 is 1.13 bits per heavy atom. The van der Waals surface area contributed by atoms with Gasteiger partial charge in [-0.25, -0.2) is 0 Å². The Labute approximate surface area is 168 Å². The number of methoxy groups -OCH3 is 1. The van der Waals surface area contributed by atoms with E-state index in [4.69, 9.17) is 4.74 Å². The van der Waals surface area contributed by atoms with E-state index < -0.39 is 34.5 Å². The molecule has 1 amide bonds. The highest BCUT2D eigenvalue weighted by Crippen LogP contribution is 2.38. The first kappa shape index (κ1) is 21.0. The van der Waals surface area contributed by atoms with Crippen LogP contribution in [-0.4, -0.2) is 34.8 Å². The van der Waals surface area contributed by atoms with E-state index >= 15 is 0 Å². The summed E-state index contributed by atoms with van der Waals surface area (Å²) in [5.41, 5.74) is -2.11. The van der Waals surface area contributed by atoms with E-state index in [2.05, 4.69) is 0 Å². The molecule has 3 aromatic rings. The zero-order valence-electron chi connectivity index (χ0n) is 16.1. The van der Waals surface area contributed by atoms with Gasteiger partial charge < -0.3 is 24.4 Å². The molecule has 0 spiro atoms. The summed E-state index contributed by atoms with van der Waals surface area (Å²) in [5.74, 6) is -1.77. The summed E-state index contributed by atoms with van der Waals surface area (Å²) >= 11 is 0. The molecule has 3 rings (SSSR count). The highest BCUT2D eigenvalue weighted by atomic mass is 19.4. The number of hydrogen-bond acceptors (Lipinski definition) is 5. The van der Waals surface area contributed by atoms with Crippen LogP contribution in [0.1, 0.15) is 15.9 Å². The largest absolute Gasteiger partial charge is 0.508 e. The van der Waals surface area contributed by atoms with Crippen molar-refractivity contribution in [1.82, 2.24) is 4.57 Å². The number of aromatic hydroxyl groups is 2. The summed E-state index contributed by atoms with van der Waals surface area (Å²) in [7, 11) is 3.90. The number of nitrogens with zero attached hydrogens (tertiary/aromatic N) is 2. The minimum atomic E-state index is -4.53. The molecular weight excluding hydrogens is 405 g/mol. The van der Waals surface area contributed by atoms with Crippen LogP contribution in [0.5, 0.6) is 17.2 Å². The van der Waals surface area contributed by atoms with Crippen LogP contribution in [0.2, 0.25) is 0 Å². The SMILES string of the molecule is COc1cc(O)cc2c1c(O)c(C(=O)N(C)c1ccc(C(F)(F)F)cc1)c(=O)n2C. The lowest BCUT2D eigenvalue weighted by Crippen LogP contribution is -2.34. The van der Waals surface area contributed by atoms with Gasteiger partial charge in [-0.1, -0.05) is 0 Å². The summed E-state index contributed by atoms with van der Waals surface area (Å²) in [6.07, 6.45) is -4.53. The van der Waals surface area contributed by atoms with Crippen molar-refractivity contribution in [2.75, 3.05) is 19.1 Å². The Hall–Kier alpha value is -3.69. The molecule has 0 aliphatic carbocycles. The molecule has 7 nitrogen and oxygen atoms in total. The van der Waals surface area contributed by atoms with Gasteiger partial charge in [-0.05, 0) is 24.3 Å². The predicted octanol–water partition coefficient (Wildman–Crippen LogP) is 3.25. The van der Waals surface area contributed by atoms with Gasteiger partial charge in [0.25, 0.3) is 11.5 Å². The number of phenols is 1. The van der Waals surface area contributed by atoms with Crippen LogP contribution in [0, 0.1) is 0 Å². The quantitative estimate of drug-likeness (QED) is 0.676. The van der Waals surface area contributed by atoms with Crippen molar-refractivity contribution in [3.05, 3.63) is 57.9 Å². The van der Waals surface area contributed by atoms with Crippen molar-refractivity contribution in [1.29, 1.82) is 0 Å². The van der Waals surface area contributed by atoms with Gasteiger partial charge in [-0.2, -0.15) is 13.2 Å². The van der Waals surface area contributed by atoms with Crippen molar-refractivity contribution in [2.45, 2.75) is 6.18 Å². The van der Waals surface area contributed by atoms with Gasteiger partial charge in [0.05, 0.1) is 23.6 Å². The standard InChI is InChI=1S/C20H17F3N2O5/c1-24(11-6-4-10(5-7-11)20(21,22)23)18(28)16-17(27)15-13(25(2)19(16)29)8-12(26)9-14(15)30-3/h4-9,26-27H,1-3H3. The van der Waals surface area contributed by atoms with Crippen molar-refractivity contribution in [3.8, 4) is 17.2 Å². The van der Waals surface area contributed by atoms with E-state index in [1.807, 2.05) is 0 Å². The van der Waals surface area contributed by atoms with Crippen molar-refractivity contribution in [2.24, 2.45) is 7.05 Å². The van der Waals surface area contributed by atoms with E-state index in [0.29, 0.717) is 0 Å². The molecule has 2 N–H and O–H groups in total. The monoisotopic (exact) mass is 422 g/mol. The number of anilines is 1. The summed E-state index contributed by atoms with van der Waals surface area (Å²) < 4.78 is 44.5. The highest BCUT2D eigenvalue weighted by molar-refractivity contribution is 6.11. The molecule has 0 bridgehead atoms. The van der Waals surface area contributed by atoms with Crippen LogP contribution in [0.3, 0.4) is 0 Å². The lowest BCUT2D eigenvalue weighted by Gasteiger charge is -2.20. The summed E-state index contributed by atoms with van der Waals surface area (Å²) in [5, 5.41) is 20.5. The van der Waals surface area contributed by atoms with Gasteiger partial charge in [-0.15, -0.1) is 0 Å². The number of carbonyl (C=O) groups is 1. The normalized spacial score (nSPS) is 11.5. The second-order valence-electron chi connectivity index (χ2n) is 6.54. The molecule has 1 heterocycles. The lowest BCUT2D eigenvalue weighted by atomic mass is 10.1. The second kappa shape index (κ2) is 7.29. The molecule has 0 aliphatic rings. The van der Waals surface area contributed by atoms with Crippen molar-refractivity contribution >= 4 is 22.5 Å². The molecule has 158 valence electrons. The Morgan fingerprint density at radius 2 is 1.73 bits per heavy atom. The van der Waals surface area contributed by atoms with Crippen LogP contribution in [0.25, 0.3) is 10.9 Å². The first-order valence-electron chi connectivity index (χ1n) is 8.55. The number of aryl methyl sites for hydroxylation is 1. The third kappa shape index (κ3) is 3.40.